The lowest BCUT2D eigenvalue weighted by Gasteiger charge is -2.15. The topological polar surface area (TPSA) is 20.2 Å². The standard InChI is InChI=1S/C18H21FO/c1-12(2)10-14-4-6-15(7-5-14)18(20)17-9-8-16(19)11-13(17)3/h4-9,11-12,18,20H,10H2,1-3H3. The molecule has 1 unspecified atom stereocenters. The maximum atomic E-state index is 13.1. The molecule has 0 amide bonds. The van der Waals surface area contributed by atoms with Crippen LogP contribution in [-0.4, -0.2) is 5.11 Å². The minimum absolute atomic E-state index is 0.272. The highest BCUT2D eigenvalue weighted by Crippen LogP contribution is 2.25. The summed E-state index contributed by atoms with van der Waals surface area (Å²) >= 11 is 0. The SMILES string of the molecule is Cc1cc(F)ccc1C(O)c1ccc(CC(C)C)cc1. The van der Waals surface area contributed by atoms with Crippen molar-refractivity contribution < 1.29 is 9.50 Å². The molecule has 0 aromatic heterocycles. The Hall–Kier alpha value is -1.67. The molecule has 0 spiro atoms. The van der Waals surface area contributed by atoms with E-state index in [4.69, 9.17) is 0 Å². The normalized spacial score (nSPS) is 12.7. The molecule has 2 rings (SSSR count). The second-order valence-corrected chi connectivity index (χ2v) is 5.74. The van der Waals surface area contributed by atoms with Crippen LogP contribution in [0.5, 0.6) is 0 Å². The zero-order valence-electron chi connectivity index (χ0n) is 12.2. The van der Waals surface area contributed by atoms with Crippen molar-refractivity contribution in [3.63, 3.8) is 0 Å². The van der Waals surface area contributed by atoms with Crippen molar-refractivity contribution in [1.82, 2.24) is 0 Å². The average molecular weight is 272 g/mol. The quantitative estimate of drug-likeness (QED) is 0.873. The van der Waals surface area contributed by atoms with Crippen molar-refractivity contribution in [3.05, 3.63) is 70.5 Å². The lowest BCUT2D eigenvalue weighted by atomic mass is 9.95. The van der Waals surface area contributed by atoms with Crippen molar-refractivity contribution in [2.75, 3.05) is 0 Å². The van der Waals surface area contributed by atoms with E-state index in [0.29, 0.717) is 5.92 Å². The molecule has 0 aliphatic rings. The van der Waals surface area contributed by atoms with Gasteiger partial charge in [0.2, 0.25) is 0 Å². The van der Waals surface area contributed by atoms with Crippen LogP contribution < -0.4 is 0 Å². The summed E-state index contributed by atoms with van der Waals surface area (Å²) in [6.07, 6.45) is 0.329. The van der Waals surface area contributed by atoms with Crippen LogP contribution in [0.4, 0.5) is 4.39 Å². The van der Waals surface area contributed by atoms with E-state index >= 15 is 0 Å². The van der Waals surface area contributed by atoms with E-state index in [1.54, 1.807) is 6.07 Å². The number of rotatable bonds is 4. The number of benzene rings is 2. The number of aliphatic hydroxyl groups is 1. The van der Waals surface area contributed by atoms with Gasteiger partial charge in [-0.15, -0.1) is 0 Å². The minimum Gasteiger partial charge on any atom is -0.384 e. The molecule has 20 heavy (non-hydrogen) atoms. The summed E-state index contributed by atoms with van der Waals surface area (Å²) in [6, 6.07) is 12.5. The van der Waals surface area contributed by atoms with Crippen LogP contribution in [-0.2, 0) is 6.42 Å². The Morgan fingerprint density at radius 3 is 2.25 bits per heavy atom. The van der Waals surface area contributed by atoms with E-state index < -0.39 is 6.10 Å². The van der Waals surface area contributed by atoms with E-state index in [0.717, 1.165) is 23.1 Å². The maximum Gasteiger partial charge on any atom is 0.123 e. The first-order valence-corrected chi connectivity index (χ1v) is 7.00. The molecule has 0 bridgehead atoms. The smallest absolute Gasteiger partial charge is 0.123 e. The Kier molecular flexibility index (Phi) is 4.56. The van der Waals surface area contributed by atoms with Gasteiger partial charge in [-0.05, 0) is 53.6 Å². The first kappa shape index (κ1) is 14.7. The molecular formula is C18H21FO. The van der Waals surface area contributed by atoms with Crippen LogP contribution in [0.2, 0.25) is 0 Å². The fourth-order valence-corrected chi connectivity index (χ4v) is 2.43. The Labute approximate surface area is 120 Å². The molecule has 0 radical (unpaired) electrons. The summed E-state index contributed by atoms with van der Waals surface area (Å²) < 4.78 is 13.1. The van der Waals surface area contributed by atoms with Crippen molar-refractivity contribution in [2.24, 2.45) is 5.92 Å². The molecule has 0 aliphatic carbocycles. The number of halogens is 1. The molecule has 106 valence electrons. The molecule has 2 aromatic rings. The first-order chi connectivity index (χ1) is 9.47. The van der Waals surface area contributed by atoms with Crippen molar-refractivity contribution in [3.8, 4) is 0 Å². The van der Waals surface area contributed by atoms with Crippen molar-refractivity contribution in [1.29, 1.82) is 0 Å². The van der Waals surface area contributed by atoms with E-state index in [1.807, 2.05) is 19.1 Å². The van der Waals surface area contributed by atoms with Gasteiger partial charge in [-0.1, -0.05) is 44.2 Å². The Morgan fingerprint density at radius 1 is 1.05 bits per heavy atom. The van der Waals surface area contributed by atoms with Crippen LogP contribution in [0.25, 0.3) is 0 Å². The van der Waals surface area contributed by atoms with Gasteiger partial charge in [-0.25, -0.2) is 4.39 Å². The molecule has 0 saturated carbocycles. The predicted octanol–water partition coefficient (Wildman–Crippen LogP) is 4.41. The second kappa shape index (κ2) is 6.19. The van der Waals surface area contributed by atoms with Crippen LogP contribution in [0.15, 0.2) is 42.5 Å². The summed E-state index contributed by atoms with van der Waals surface area (Å²) in [5, 5.41) is 10.4. The van der Waals surface area contributed by atoms with E-state index in [9.17, 15) is 9.50 Å². The fraction of sp³-hybridized carbons (Fsp3) is 0.333. The third kappa shape index (κ3) is 3.45. The van der Waals surface area contributed by atoms with Gasteiger partial charge in [0.25, 0.3) is 0 Å². The molecule has 1 atom stereocenters. The first-order valence-electron chi connectivity index (χ1n) is 7.00. The molecule has 0 saturated heterocycles. The molecule has 2 aromatic carbocycles. The molecule has 1 N–H and O–H groups in total. The summed E-state index contributed by atoms with van der Waals surface area (Å²) in [4.78, 5) is 0. The van der Waals surface area contributed by atoms with Crippen molar-refractivity contribution in [2.45, 2.75) is 33.3 Å². The average Bonchev–Trinajstić information content (AvgIpc) is 2.38. The van der Waals surface area contributed by atoms with Gasteiger partial charge in [-0.3, -0.25) is 0 Å². The van der Waals surface area contributed by atoms with Gasteiger partial charge in [0, 0.05) is 0 Å². The van der Waals surface area contributed by atoms with Crippen LogP contribution in [0, 0.1) is 18.7 Å². The van der Waals surface area contributed by atoms with Crippen LogP contribution in [0.1, 0.15) is 42.2 Å². The lowest BCUT2D eigenvalue weighted by Crippen LogP contribution is -2.03. The van der Waals surface area contributed by atoms with E-state index in [-0.39, 0.29) is 5.82 Å². The Balaban J connectivity index is 2.22. The Morgan fingerprint density at radius 2 is 1.70 bits per heavy atom. The zero-order valence-corrected chi connectivity index (χ0v) is 12.2. The van der Waals surface area contributed by atoms with Gasteiger partial charge in [0.15, 0.2) is 0 Å². The number of hydrogen-bond acceptors (Lipinski definition) is 1. The highest BCUT2D eigenvalue weighted by Gasteiger charge is 2.13. The van der Waals surface area contributed by atoms with Crippen LogP contribution >= 0.6 is 0 Å². The molecule has 2 heteroatoms. The van der Waals surface area contributed by atoms with Gasteiger partial charge in [0.05, 0.1) is 0 Å². The fourth-order valence-electron chi connectivity index (χ4n) is 2.43. The minimum atomic E-state index is -0.705. The van der Waals surface area contributed by atoms with Crippen molar-refractivity contribution >= 4 is 0 Å². The molecular weight excluding hydrogens is 251 g/mol. The van der Waals surface area contributed by atoms with E-state index in [1.165, 1.54) is 17.7 Å². The molecule has 0 fully saturated rings. The van der Waals surface area contributed by atoms with Gasteiger partial charge in [-0.2, -0.15) is 0 Å². The molecule has 0 aliphatic heterocycles. The summed E-state index contributed by atoms with van der Waals surface area (Å²) in [6.45, 7) is 6.18. The lowest BCUT2D eigenvalue weighted by molar-refractivity contribution is 0.219. The van der Waals surface area contributed by atoms with E-state index in [2.05, 4.69) is 26.0 Å². The highest BCUT2D eigenvalue weighted by atomic mass is 19.1. The largest absolute Gasteiger partial charge is 0.384 e. The number of hydrogen-bond donors (Lipinski definition) is 1. The Bertz CT molecular complexity index is 572. The summed E-state index contributed by atoms with van der Waals surface area (Å²) in [7, 11) is 0. The highest BCUT2D eigenvalue weighted by molar-refractivity contribution is 5.36. The van der Waals surface area contributed by atoms with Crippen LogP contribution in [0.3, 0.4) is 0 Å². The summed E-state index contributed by atoms with van der Waals surface area (Å²) in [5.41, 5.74) is 3.63. The third-order valence-corrected chi connectivity index (χ3v) is 3.47. The molecule has 0 heterocycles. The third-order valence-electron chi connectivity index (χ3n) is 3.47. The number of aliphatic hydroxyl groups excluding tert-OH is 1. The van der Waals surface area contributed by atoms with Gasteiger partial charge in [0.1, 0.15) is 11.9 Å². The molecule has 1 nitrogen and oxygen atoms in total. The predicted molar refractivity (Wildman–Crippen MR) is 80.2 cm³/mol. The maximum absolute atomic E-state index is 13.1. The van der Waals surface area contributed by atoms with Gasteiger partial charge >= 0.3 is 0 Å². The summed E-state index contributed by atoms with van der Waals surface area (Å²) in [5.74, 6) is 0.343. The van der Waals surface area contributed by atoms with Gasteiger partial charge < -0.3 is 5.11 Å². The second-order valence-electron chi connectivity index (χ2n) is 5.74. The number of aryl methyl sites for hydroxylation is 1. The zero-order chi connectivity index (χ0) is 14.7. The monoisotopic (exact) mass is 272 g/mol.